The number of nitrogens with one attached hydrogen (secondary N) is 1. The summed E-state index contributed by atoms with van der Waals surface area (Å²) < 4.78 is 9.88. The molecule has 6 nitrogen and oxygen atoms in total. The van der Waals surface area contributed by atoms with E-state index >= 15 is 0 Å². The highest BCUT2D eigenvalue weighted by atomic mass is 16.5. The normalized spacial score (nSPS) is 13.2. The van der Waals surface area contributed by atoms with Crippen LogP contribution in [0.4, 0.5) is 0 Å². The zero-order chi connectivity index (χ0) is 11.8. The summed E-state index contributed by atoms with van der Waals surface area (Å²) in [5.74, 6) is 1.06. The molecule has 0 fully saturated rings. The molecule has 1 heterocycles. The Balaban J connectivity index is 2.00. The molecule has 1 aromatic heterocycles. The Bertz CT molecular complexity index is 264. The van der Waals surface area contributed by atoms with E-state index in [9.17, 15) is 5.11 Å². The summed E-state index contributed by atoms with van der Waals surface area (Å²) in [6, 6.07) is 0. The maximum Gasteiger partial charge on any atom is 0.213 e. The molecule has 0 bridgehead atoms. The maximum atomic E-state index is 9.54. The summed E-state index contributed by atoms with van der Waals surface area (Å²) in [4.78, 5) is 3.85. The first-order chi connectivity index (χ1) is 7.68. The third kappa shape index (κ3) is 5.79. The molecular weight excluding hydrogens is 210 g/mol. The van der Waals surface area contributed by atoms with Crippen molar-refractivity contribution in [3.63, 3.8) is 0 Å². The lowest BCUT2D eigenvalue weighted by molar-refractivity contribution is 0.0259. The van der Waals surface area contributed by atoms with Gasteiger partial charge in [-0.15, -0.1) is 0 Å². The first-order valence-corrected chi connectivity index (χ1v) is 5.40. The molecule has 0 saturated carbocycles. The molecule has 1 aromatic rings. The second kappa shape index (κ2) is 7.32. The van der Waals surface area contributed by atoms with Gasteiger partial charge in [0.1, 0.15) is 0 Å². The Morgan fingerprint density at radius 1 is 1.50 bits per heavy atom. The highest BCUT2D eigenvalue weighted by molar-refractivity contribution is 4.76. The Hall–Kier alpha value is -0.980. The third-order valence-electron chi connectivity index (χ3n) is 1.83. The molecule has 0 spiro atoms. The van der Waals surface area contributed by atoms with Crippen LogP contribution in [-0.2, 0) is 11.3 Å². The van der Waals surface area contributed by atoms with Crippen LogP contribution in [-0.4, -0.2) is 41.1 Å². The van der Waals surface area contributed by atoms with Gasteiger partial charge < -0.3 is 19.7 Å². The average molecular weight is 229 g/mol. The van der Waals surface area contributed by atoms with Crippen molar-refractivity contribution >= 4 is 0 Å². The number of aliphatic hydroxyl groups excluding tert-OH is 1. The summed E-state index contributed by atoms with van der Waals surface area (Å²) in [6.07, 6.45) is 0.768. The van der Waals surface area contributed by atoms with Gasteiger partial charge in [0, 0.05) is 13.2 Å². The van der Waals surface area contributed by atoms with Crippen LogP contribution in [0.2, 0.25) is 0 Å². The van der Waals surface area contributed by atoms with Crippen LogP contribution in [0.25, 0.3) is 0 Å². The van der Waals surface area contributed by atoms with E-state index in [1.54, 1.807) is 0 Å². The van der Waals surface area contributed by atoms with Gasteiger partial charge >= 0.3 is 0 Å². The molecule has 1 rings (SSSR count). The Morgan fingerprint density at radius 2 is 2.31 bits per heavy atom. The first-order valence-electron chi connectivity index (χ1n) is 5.40. The SMILES string of the molecule is CC(C)COCC(O)CNCc1ncon1. The predicted octanol–water partition coefficient (Wildman–Crippen LogP) is 0.193. The van der Waals surface area contributed by atoms with E-state index < -0.39 is 6.10 Å². The number of aromatic nitrogens is 2. The van der Waals surface area contributed by atoms with Crippen molar-refractivity contribution in [2.24, 2.45) is 5.92 Å². The monoisotopic (exact) mass is 229 g/mol. The zero-order valence-corrected chi connectivity index (χ0v) is 9.72. The van der Waals surface area contributed by atoms with Gasteiger partial charge in [0.05, 0.1) is 19.3 Å². The van der Waals surface area contributed by atoms with Gasteiger partial charge in [-0.3, -0.25) is 0 Å². The molecule has 0 aliphatic heterocycles. The molecule has 0 amide bonds. The standard InChI is InChI=1S/C10H19N3O3/c1-8(2)5-15-6-9(14)3-11-4-10-12-7-16-13-10/h7-9,11,14H,3-6H2,1-2H3. The number of hydrogen-bond acceptors (Lipinski definition) is 6. The predicted molar refractivity (Wildman–Crippen MR) is 57.7 cm³/mol. The molecule has 0 aliphatic carbocycles. The summed E-state index contributed by atoms with van der Waals surface area (Å²) in [5, 5.41) is 16.2. The van der Waals surface area contributed by atoms with Gasteiger partial charge in [-0.2, -0.15) is 4.98 Å². The van der Waals surface area contributed by atoms with E-state index in [4.69, 9.17) is 4.74 Å². The lowest BCUT2D eigenvalue weighted by atomic mass is 10.2. The van der Waals surface area contributed by atoms with Crippen LogP contribution in [0.1, 0.15) is 19.7 Å². The van der Waals surface area contributed by atoms with Gasteiger partial charge in [-0.1, -0.05) is 19.0 Å². The lowest BCUT2D eigenvalue weighted by Crippen LogP contribution is -2.30. The molecule has 0 radical (unpaired) electrons. The van der Waals surface area contributed by atoms with Crippen molar-refractivity contribution in [1.82, 2.24) is 15.5 Å². The highest BCUT2D eigenvalue weighted by Gasteiger charge is 2.05. The second-order valence-corrected chi connectivity index (χ2v) is 4.06. The quantitative estimate of drug-likeness (QED) is 0.662. The van der Waals surface area contributed by atoms with Crippen LogP contribution in [0, 0.1) is 5.92 Å². The van der Waals surface area contributed by atoms with E-state index in [2.05, 4.69) is 33.8 Å². The molecule has 2 N–H and O–H groups in total. The molecule has 92 valence electrons. The smallest absolute Gasteiger partial charge is 0.213 e. The number of aliphatic hydroxyl groups is 1. The largest absolute Gasteiger partial charge is 0.389 e. The zero-order valence-electron chi connectivity index (χ0n) is 9.72. The average Bonchev–Trinajstić information content (AvgIpc) is 2.70. The first kappa shape index (κ1) is 13.1. The Kier molecular flexibility index (Phi) is 5.99. The van der Waals surface area contributed by atoms with E-state index in [0.717, 1.165) is 0 Å². The molecule has 0 aliphatic rings. The summed E-state index contributed by atoms with van der Waals surface area (Å²) in [5.41, 5.74) is 0. The number of rotatable bonds is 8. The van der Waals surface area contributed by atoms with Gasteiger partial charge in [0.2, 0.25) is 6.39 Å². The van der Waals surface area contributed by atoms with Gasteiger partial charge in [-0.25, -0.2) is 0 Å². The van der Waals surface area contributed by atoms with Crippen LogP contribution < -0.4 is 5.32 Å². The van der Waals surface area contributed by atoms with Crippen LogP contribution >= 0.6 is 0 Å². The van der Waals surface area contributed by atoms with Gasteiger partial charge in [0.15, 0.2) is 5.82 Å². The van der Waals surface area contributed by atoms with Gasteiger partial charge in [-0.05, 0) is 5.92 Å². The number of hydrogen-bond donors (Lipinski definition) is 2. The number of ether oxygens (including phenoxy) is 1. The summed E-state index contributed by atoms with van der Waals surface area (Å²) in [7, 11) is 0. The molecule has 16 heavy (non-hydrogen) atoms. The lowest BCUT2D eigenvalue weighted by Gasteiger charge is -2.12. The van der Waals surface area contributed by atoms with Crippen molar-refractivity contribution in [2.45, 2.75) is 26.5 Å². The maximum absolute atomic E-state index is 9.54. The van der Waals surface area contributed by atoms with Crippen molar-refractivity contribution in [1.29, 1.82) is 0 Å². The van der Waals surface area contributed by atoms with Crippen LogP contribution in [0.15, 0.2) is 10.9 Å². The topological polar surface area (TPSA) is 80.4 Å². The van der Waals surface area contributed by atoms with Crippen LogP contribution in [0.3, 0.4) is 0 Å². The minimum Gasteiger partial charge on any atom is -0.389 e. The van der Waals surface area contributed by atoms with E-state index in [1.165, 1.54) is 6.39 Å². The molecule has 6 heteroatoms. The van der Waals surface area contributed by atoms with Crippen molar-refractivity contribution in [3.8, 4) is 0 Å². The molecule has 0 aromatic carbocycles. The molecule has 0 saturated heterocycles. The van der Waals surface area contributed by atoms with Gasteiger partial charge in [0.25, 0.3) is 0 Å². The summed E-state index contributed by atoms with van der Waals surface area (Å²) in [6.45, 7) is 6.09. The molecular formula is C10H19N3O3. The van der Waals surface area contributed by atoms with Crippen molar-refractivity contribution in [2.75, 3.05) is 19.8 Å². The minimum absolute atomic E-state index is 0.345. The fourth-order valence-corrected chi connectivity index (χ4v) is 1.12. The molecule has 1 unspecified atom stereocenters. The van der Waals surface area contributed by atoms with E-state index in [-0.39, 0.29) is 0 Å². The second-order valence-electron chi connectivity index (χ2n) is 4.06. The van der Waals surface area contributed by atoms with Crippen molar-refractivity contribution in [3.05, 3.63) is 12.2 Å². The van der Waals surface area contributed by atoms with E-state index in [0.29, 0.717) is 38.0 Å². The Labute approximate surface area is 95.0 Å². The minimum atomic E-state index is -0.509. The molecule has 1 atom stereocenters. The van der Waals surface area contributed by atoms with E-state index in [1.807, 2.05) is 0 Å². The van der Waals surface area contributed by atoms with Crippen LogP contribution in [0.5, 0.6) is 0 Å². The number of nitrogens with zero attached hydrogens (tertiary/aromatic N) is 2. The summed E-state index contributed by atoms with van der Waals surface area (Å²) >= 11 is 0. The fraction of sp³-hybridized carbons (Fsp3) is 0.800. The van der Waals surface area contributed by atoms with Crippen molar-refractivity contribution < 1.29 is 14.4 Å². The third-order valence-corrected chi connectivity index (χ3v) is 1.83. The fourth-order valence-electron chi connectivity index (χ4n) is 1.12. The Morgan fingerprint density at radius 3 is 2.94 bits per heavy atom. The highest BCUT2D eigenvalue weighted by Crippen LogP contribution is 1.94.